The molecule has 0 radical (unpaired) electrons. The molecule has 0 heterocycles. The molecule has 2 aromatic carbocycles. The maximum absolute atomic E-state index is 13.5. The van der Waals surface area contributed by atoms with E-state index in [1.807, 2.05) is 86.5 Å². The lowest BCUT2D eigenvalue weighted by Crippen LogP contribution is -2.43. The fourth-order valence-electron chi connectivity index (χ4n) is 6.10. The molecule has 0 aromatic heterocycles. The van der Waals surface area contributed by atoms with Crippen LogP contribution in [0.5, 0.6) is 0 Å². The molecule has 44 heavy (non-hydrogen) atoms. The summed E-state index contributed by atoms with van der Waals surface area (Å²) >= 11 is 0. The van der Waals surface area contributed by atoms with Crippen LogP contribution < -0.4 is 20.4 Å². The van der Waals surface area contributed by atoms with Gasteiger partial charge in [-0.2, -0.15) is 0 Å². The Hall–Kier alpha value is -3.42. The maximum Gasteiger partial charge on any atom is 0.321 e. The molecule has 2 atom stereocenters. The average Bonchev–Trinajstić information content (AvgIpc) is 3.01. The maximum atomic E-state index is 13.5. The minimum absolute atomic E-state index is 0.0123. The van der Waals surface area contributed by atoms with E-state index in [2.05, 4.69) is 34.3 Å². The van der Waals surface area contributed by atoms with Crippen molar-refractivity contribution in [2.45, 2.75) is 78.1 Å². The minimum atomic E-state index is -0.0123. The molecule has 0 unspecified atom stereocenters. The number of unbranched alkanes of at least 4 members (excludes halogenated alkanes) is 4. The van der Waals surface area contributed by atoms with Crippen molar-refractivity contribution in [1.29, 1.82) is 0 Å². The zero-order chi connectivity index (χ0) is 31.9. The molecule has 8 heteroatoms. The Morgan fingerprint density at radius 1 is 0.636 bits per heavy atom. The molecule has 4 amide bonds. The summed E-state index contributed by atoms with van der Waals surface area (Å²) in [5.41, 5.74) is 3.87. The van der Waals surface area contributed by atoms with Crippen molar-refractivity contribution in [3.8, 4) is 0 Å². The average molecular weight is 607 g/mol. The van der Waals surface area contributed by atoms with Crippen LogP contribution in [0.4, 0.5) is 32.3 Å². The van der Waals surface area contributed by atoms with Gasteiger partial charge >= 0.3 is 12.1 Å². The lowest BCUT2D eigenvalue weighted by Gasteiger charge is -2.36. The number of anilines is 4. The molecule has 8 nitrogen and oxygen atoms in total. The standard InChI is InChI=1S/C36H58N6O2/c1-7-9-11-24-41(35(43)37-31-16-20-33(21-17-31)39(3)4)27-29-14-13-15-30(26-29)28-42(25-12-10-8-2)36(44)38-32-18-22-34(23-19-32)40(5)6/h16-23,29-30H,7-15,24-28H2,1-6H3,(H,37,43)(H,38,44)/t29-,30+. The molecule has 2 N–H and O–H groups in total. The summed E-state index contributed by atoms with van der Waals surface area (Å²) in [6, 6.07) is 16.0. The Balaban J connectivity index is 1.62. The third kappa shape index (κ3) is 11.6. The first-order valence-corrected chi connectivity index (χ1v) is 16.9. The molecular weight excluding hydrogens is 548 g/mol. The van der Waals surface area contributed by atoms with Crippen molar-refractivity contribution in [2.24, 2.45) is 11.8 Å². The first-order valence-electron chi connectivity index (χ1n) is 16.9. The number of amides is 4. The fourth-order valence-corrected chi connectivity index (χ4v) is 6.10. The molecule has 1 saturated carbocycles. The molecule has 3 rings (SSSR count). The monoisotopic (exact) mass is 606 g/mol. The number of urea groups is 2. The van der Waals surface area contributed by atoms with E-state index >= 15 is 0 Å². The molecule has 1 fully saturated rings. The summed E-state index contributed by atoms with van der Waals surface area (Å²) < 4.78 is 0. The molecule has 1 aliphatic carbocycles. The predicted molar refractivity (Wildman–Crippen MR) is 187 cm³/mol. The van der Waals surface area contributed by atoms with Gasteiger partial charge in [-0.15, -0.1) is 0 Å². The van der Waals surface area contributed by atoms with E-state index in [1.165, 1.54) is 0 Å². The second kappa shape index (κ2) is 18.4. The van der Waals surface area contributed by atoms with E-state index < -0.39 is 0 Å². The van der Waals surface area contributed by atoms with Gasteiger partial charge in [0.1, 0.15) is 0 Å². The van der Waals surface area contributed by atoms with Gasteiger partial charge in [-0.05, 0) is 92.5 Å². The summed E-state index contributed by atoms with van der Waals surface area (Å²) in [5, 5.41) is 6.30. The third-order valence-electron chi connectivity index (χ3n) is 8.76. The Morgan fingerprint density at radius 3 is 1.36 bits per heavy atom. The number of carbonyl (C=O) groups excluding carboxylic acids is 2. The van der Waals surface area contributed by atoms with Crippen LogP contribution in [0.2, 0.25) is 0 Å². The fraction of sp³-hybridized carbons (Fsp3) is 0.611. The summed E-state index contributed by atoms with van der Waals surface area (Å²) in [7, 11) is 8.06. The molecule has 0 saturated heterocycles. The normalized spacial score (nSPS) is 16.2. The van der Waals surface area contributed by atoms with Crippen LogP contribution in [0.25, 0.3) is 0 Å². The van der Waals surface area contributed by atoms with Crippen molar-refractivity contribution in [2.75, 3.05) is 74.8 Å². The Labute approximate surface area is 267 Å². The Morgan fingerprint density at radius 2 is 1.02 bits per heavy atom. The summed E-state index contributed by atoms with van der Waals surface area (Å²) in [6.45, 7) is 7.47. The molecule has 244 valence electrons. The van der Waals surface area contributed by atoms with Crippen LogP contribution in [0.1, 0.15) is 78.1 Å². The van der Waals surface area contributed by atoms with Gasteiger partial charge in [0, 0.05) is 77.1 Å². The topological polar surface area (TPSA) is 71.2 Å². The van der Waals surface area contributed by atoms with Crippen molar-refractivity contribution < 1.29 is 9.59 Å². The van der Waals surface area contributed by atoms with Crippen LogP contribution in [-0.2, 0) is 0 Å². The molecule has 0 spiro atoms. The highest BCUT2D eigenvalue weighted by molar-refractivity contribution is 5.90. The minimum Gasteiger partial charge on any atom is -0.378 e. The second-order valence-corrected chi connectivity index (χ2v) is 12.9. The smallest absolute Gasteiger partial charge is 0.321 e. The van der Waals surface area contributed by atoms with Gasteiger partial charge < -0.3 is 30.2 Å². The van der Waals surface area contributed by atoms with Crippen molar-refractivity contribution >= 4 is 34.8 Å². The zero-order valence-corrected chi connectivity index (χ0v) is 28.3. The van der Waals surface area contributed by atoms with Gasteiger partial charge in [-0.1, -0.05) is 46.0 Å². The van der Waals surface area contributed by atoms with E-state index in [0.29, 0.717) is 11.8 Å². The third-order valence-corrected chi connectivity index (χ3v) is 8.76. The number of hydrogen-bond acceptors (Lipinski definition) is 4. The second-order valence-electron chi connectivity index (χ2n) is 12.9. The van der Waals surface area contributed by atoms with Gasteiger partial charge in [0.05, 0.1) is 0 Å². The Kier molecular flexibility index (Phi) is 14.7. The molecule has 2 aromatic rings. The Bertz CT molecular complexity index is 1030. The number of nitrogens with one attached hydrogen (secondary N) is 2. The SMILES string of the molecule is CCCCCN(C[C@@H]1CCC[C@H](CN(CCCCC)C(=O)Nc2ccc(N(C)C)cc2)C1)C(=O)Nc1ccc(N(C)C)cc1. The number of carbonyl (C=O) groups is 2. The first-order chi connectivity index (χ1) is 21.2. The first kappa shape index (κ1) is 35.1. The van der Waals surface area contributed by atoms with Crippen LogP contribution in [0.3, 0.4) is 0 Å². The van der Waals surface area contributed by atoms with E-state index in [0.717, 1.165) is 113 Å². The van der Waals surface area contributed by atoms with E-state index in [-0.39, 0.29) is 12.1 Å². The van der Waals surface area contributed by atoms with Gasteiger partial charge in [0.2, 0.25) is 0 Å². The van der Waals surface area contributed by atoms with E-state index in [1.54, 1.807) is 0 Å². The van der Waals surface area contributed by atoms with E-state index in [9.17, 15) is 9.59 Å². The van der Waals surface area contributed by atoms with Crippen LogP contribution in [0.15, 0.2) is 48.5 Å². The molecule has 0 aliphatic heterocycles. The summed E-state index contributed by atoms with van der Waals surface area (Å²) in [4.78, 5) is 35.1. The van der Waals surface area contributed by atoms with Crippen molar-refractivity contribution in [3.63, 3.8) is 0 Å². The van der Waals surface area contributed by atoms with Crippen molar-refractivity contribution in [1.82, 2.24) is 9.80 Å². The number of benzene rings is 2. The summed E-state index contributed by atoms with van der Waals surface area (Å²) in [6.07, 6.45) is 11.0. The molecule has 0 bridgehead atoms. The van der Waals surface area contributed by atoms with Gasteiger partial charge in [-0.25, -0.2) is 9.59 Å². The predicted octanol–water partition coefficient (Wildman–Crippen LogP) is 8.37. The highest BCUT2D eigenvalue weighted by atomic mass is 16.2. The molecular formula is C36H58N6O2. The number of hydrogen-bond donors (Lipinski definition) is 2. The number of nitrogens with zero attached hydrogens (tertiary/aromatic N) is 4. The van der Waals surface area contributed by atoms with Crippen LogP contribution >= 0.6 is 0 Å². The van der Waals surface area contributed by atoms with E-state index in [4.69, 9.17) is 0 Å². The largest absolute Gasteiger partial charge is 0.378 e. The highest BCUT2D eigenvalue weighted by Gasteiger charge is 2.28. The quantitative estimate of drug-likeness (QED) is 0.188. The lowest BCUT2D eigenvalue weighted by molar-refractivity contribution is 0.153. The van der Waals surface area contributed by atoms with Crippen LogP contribution in [-0.4, -0.2) is 76.2 Å². The van der Waals surface area contributed by atoms with Gasteiger partial charge in [-0.3, -0.25) is 0 Å². The van der Waals surface area contributed by atoms with Gasteiger partial charge in [0.15, 0.2) is 0 Å². The van der Waals surface area contributed by atoms with Gasteiger partial charge in [0.25, 0.3) is 0 Å². The lowest BCUT2D eigenvalue weighted by atomic mass is 9.81. The highest BCUT2D eigenvalue weighted by Crippen LogP contribution is 2.31. The number of rotatable bonds is 16. The zero-order valence-electron chi connectivity index (χ0n) is 28.3. The van der Waals surface area contributed by atoms with Crippen LogP contribution in [0, 0.1) is 11.8 Å². The van der Waals surface area contributed by atoms with Crippen molar-refractivity contribution in [3.05, 3.63) is 48.5 Å². The molecule has 1 aliphatic rings. The summed E-state index contributed by atoms with van der Waals surface area (Å²) in [5.74, 6) is 0.882.